The van der Waals surface area contributed by atoms with E-state index in [0.29, 0.717) is 11.4 Å². The molecule has 0 amide bonds. The summed E-state index contributed by atoms with van der Waals surface area (Å²) in [7, 11) is 0. The van der Waals surface area contributed by atoms with Crippen LogP contribution in [0.25, 0.3) is 0 Å². The van der Waals surface area contributed by atoms with Crippen molar-refractivity contribution in [1.82, 2.24) is 9.97 Å². The Labute approximate surface area is 128 Å². The first-order valence-electron chi connectivity index (χ1n) is 5.80. The molecule has 1 aliphatic rings. The number of hydrogen-bond donors (Lipinski definition) is 1. The van der Waals surface area contributed by atoms with E-state index in [1.165, 1.54) is 0 Å². The van der Waals surface area contributed by atoms with Crippen molar-refractivity contribution in [2.45, 2.75) is 26.1 Å². The van der Waals surface area contributed by atoms with Crippen molar-refractivity contribution in [3.63, 3.8) is 0 Å². The topological polar surface area (TPSA) is 58.5 Å². The van der Waals surface area contributed by atoms with Crippen LogP contribution in [0.1, 0.15) is 33.6 Å². The molecule has 0 aromatic carbocycles. The van der Waals surface area contributed by atoms with E-state index < -0.39 is 6.10 Å². The highest BCUT2D eigenvalue weighted by molar-refractivity contribution is 9.09. The molecular weight excluding hydrogens is 348 g/mol. The van der Waals surface area contributed by atoms with Gasteiger partial charge in [-0.2, -0.15) is 0 Å². The minimum absolute atomic E-state index is 0.329. The van der Waals surface area contributed by atoms with Gasteiger partial charge in [0, 0.05) is 16.1 Å². The lowest BCUT2D eigenvalue weighted by atomic mass is 10.3. The van der Waals surface area contributed by atoms with Gasteiger partial charge in [0.25, 0.3) is 0 Å². The molecule has 2 atom stereocenters. The van der Waals surface area contributed by atoms with Crippen LogP contribution in [-0.4, -0.2) is 27.0 Å². The number of nitrogens with zero attached hydrogens (tertiary/aromatic N) is 2. The Hall–Kier alpha value is -0.340. The number of hydrogen-bond acceptors (Lipinski definition) is 6. The maximum Gasteiger partial charge on any atom is 0.124 e. The van der Waals surface area contributed by atoms with E-state index in [1.54, 1.807) is 22.7 Å². The molecule has 19 heavy (non-hydrogen) atoms. The first kappa shape index (κ1) is 15.1. The third-order valence-electron chi connectivity index (χ3n) is 2.42. The number of aliphatic hydroxyl groups is 1. The lowest BCUT2D eigenvalue weighted by molar-refractivity contribution is 0.201. The molecule has 3 rings (SSSR count). The minimum Gasteiger partial charge on any atom is -0.386 e. The number of aromatic nitrogens is 2. The van der Waals surface area contributed by atoms with Crippen molar-refractivity contribution >= 4 is 38.6 Å². The molecule has 0 saturated carbocycles. The summed E-state index contributed by atoms with van der Waals surface area (Å²) in [5, 5.41) is 15.9. The standard InChI is InChI=1S/C6H8BrNOS.C6H7NOS/c1-4-8-5(3-10-4)6(9)2-7;1-4-7-5(3-9-4)6-2-8-6/h3,6,9H,2H2,1H3;3,6H,2H2,1H3/t6-;/m0./s1. The molecule has 0 aliphatic carbocycles. The summed E-state index contributed by atoms with van der Waals surface area (Å²) in [6.07, 6.45) is -0.125. The second-order valence-electron chi connectivity index (χ2n) is 4.07. The normalized spacial score (nSPS) is 18.6. The van der Waals surface area contributed by atoms with Crippen LogP contribution in [0.2, 0.25) is 0 Å². The Morgan fingerprint density at radius 3 is 2.42 bits per heavy atom. The van der Waals surface area contributed by atoms with Gasteiger partial charge >= 0.3 is 0 Å². The number of rotatable bonds is 3. The summed E-state index contributed by atoms with van der Waals surface area (Å²) in [5.41, 5.74) is 1.87. The molecule has 1 aliphatic heterocycles. The summed E-state index contributed by atoms with van der Waals surface area (Å²) in [5.74, 6) is 0. The monoisotopic (exact) mass is 362 g/mol. The molecule has 0 spiro atoms. The Kier molecular flexibility index (Phi) is 5.47. The van der Waals surface area contributed by atoms with Gasteiger partial charge in [-0.05, 0) is 13.8 Å². The number of thiazole rings is 2. The Morgan fingerprint density at radius 1 is 1.37 bits per heavy atom. The largest absolute Gasteiger partial charge is 0.386 e. The first-order valence-corrected chi connectivity index (χ1v) is 8.68. The quantitative estimate of drug-likeness (QED) is 0.671. The predicted molar refractivity (Wildman–Crippen MR) is 81.1 cm³/mol. The number of epoxide rings is 1. The van der Waals surface area contributed by atoms with E-state index >= 15 is 0 Å². The Balaban J connectivity index is 0.000000141. The third kappa shape index (κ3) is 4.61. The number of ether oxygens (including phenoxy) is 1. The van der Waals surface area contributed by atoms with E-state index in [2.05, 4.69) is 31.3 Å². The van der Waals surface area contributed by atoms with Crippen molar-refractivity contribution in [3.05, 3.63) is 32.2 Å². The fourth-order valence-electron chi connectivity index (χ4n) is 1.36. The SMILES string of the molecule is Cc1nc(C2CO2)cs1.Cc1nc([C@@H](O)CBr)cs1. The van der Waals surface area contributed by atoms with Crippen molar-refractivity contribution < 1.29 is 9.84 Å². The van der Waals surface area contributed by atoms with Gasteiger partial charge in [-0.15, -0.1) is 22.7 Å². The molecule has 0 bridgehead atoms. The Bertz CT molecular complexity index is 525. The highest BCUT2D eigenvalue weighted by Gasteiger charge is 2.26. The van der Waals surface area contributed by atoms with Crippen LogP contribution in [0.4, 0.5) is 0 Å². The average Bonchev–Trinajstić information content (AvgIpc) is 3.03. The van der Waals surface area contributed by atoms with Crippen molar-refractivity contribution in [3.8, 4) is 0 Å². The molecule has 0 radical (unpaired) electrons. The highest BCUT2D eigenvalue weighted by atomic mass is 79.9. The lowest BCUT2D eigenvalue weighted by Gasteiger charge is -1.99. The zero-order valence-corrected chi connectivity index (χ0v) is 13.9. The van der Waals surface area contributed by atoms with Gasteiger partial charge in [0.2, 0.25) is 0 Å². The van der Waals surface area contributed by atoms with Crippen molar-refractivity contribution in [1.29, 1.82) is 0 Å². The maximum atomic E-state index is 9.24. The van der Waals surface area contributed by atoms with E-state index in [1.807, 2.05) is 19.2 Å². The van der Waals surface area contributed by atoms with Crippen LogP contribution < -0.4 is 0 Å². The summed E-state index contributed by atoms with van der Waals surface area (Å²) in [6, 6.07) is 0. The third-order valence-corrected chi connectivity index (χ3v) is 4.62. The molecule has 1 saturated heterocycles. The van der Waals surface area contributed by atoms with Gasteiger partial charge in [-0.25, -0.2) is 9.97 Å². The molecule has 1 fully saturated rings. The van der Waals surface area contributed by atoms with Crippen LogP contribution in [-0.2, 0) is 4.74 Å². The van der Waals surface area contributed by atoms with E-state index in [0.717, 1.165) is 28.0 Å². The van der Waals surface area contributed by atoms with E-state index in [4.69, 9.17) is 4.74 Å². The first-order chi connectivity index (χ1) is 9.10. The van der Waals surface area contributed by atoms with Crippen LogP contribution in [0.15, 0.2) is 10.8 Å². The van der Waals surface area contributed by atoms with Crippen LogP contribution in [0, 0.1) is 13.8 Å². The van der Waals surface area contributed by atoms with E-state index in [9.17, 15) is 5.11 Å². The molecular formula is C12H15BrN2O2S2. The fourth-order valence-corrected chi connectivity index (χ4v) is 3.00. The van der Waals surface area contributed by atoms with Gasteiger partial charge in [-0.1, -0.05) is 15.9 Å². The zero-order valence-electron chi connectivity index (χ0n) is 10.7. The summed E-state index contributed by atoms with van der Waals surface area (Å²) < 4.78 is 5.05. The second-order valence-corrected chi connectivity index (χ2v) is 6.85. The molecule has 4 nitrogen and oxygen atoms in total. The minimum atomic E-state index is -0.454. The summed E-state index contributed by atoms with van der Waals surface area (Å²) in [6.45, 7) is 4.80. The fraction of sp³-hybridized carbons (Fsp3) is 0.500. The van der Waals surface area contributed by atoms with Gasteiger partial charge in [0.05, 0.1) is 28.0 Å². The van der Waals surface area contributed by atoms with Gasteiger partial charge < -0.3 is 9.84 Å². The number of halogens is 1. The maximum absolute atomic E-state index is 9.24. The van der Waals surface area contributed by atoms with E-state index in [-0.39, 0.29) is 0 Å². The average molecular weight is 363 g/mol. The van der Waals surface area contributed by atoms with Gasteiger partial charge in [0.15, 0.2) is 0 Å². The summed E-state index contributed by atoms with van der Waals surface area (Å²) in [4.78, 5) is 8.39. The molecule has 1 N–H and O–H groups in total. The predicted octanol–water partition coefficient (Wildman–Crippen LogP) is 3.40. The smallest absolute Gasteiger partial charge is 0.124 e. The van der Waals surface area contributed by atoms with Crippen molar-refractivity contribution in [2.24, 2.45) is 0 Å². The molecule has 2 aromatic heterocycles. The van der Waals surface area contributed by atoms with Gasteiger partial charge in [0.1, 0.15) is 12.2 Å². The lowest BCUT2D eigenvalue weighted by Crippen LogP contribution is -1.97. The van der Waals surface area contributed by atoms with Crippen LogP contribution in [0.5, 0.6) is 0 Å². The Morgan fingerprint density at radius 2 is 2.00 bits per heavy atom. The van der Waals surface area contributed by atoms with Crippen LogP contribution >= 0.6 is 38.6 Å². The van der Waals surface area contributed by atoms with Crippen LogP contribution in [0.3, 0.4) is 0 Å². The highest BCUT2D eigenvalue weighted by Crippen LogP contribution is 2.29. The summed E-state index contributed by atoms with van der Waals surface area (Å²) >= 11 is 6.41. The second kappa shape index (κ2) is 6.90. The number of aliphatic hydroxyl groups excluding tert-OH is 1. The zero-order chi connectivity index (χ0) is 13.8. The molecule has 104 valence electrons. The molecule has 2 aromatic rings. The molecule has 1 unspecified atom stereocenters. The van der Waals surface area contributed by atoms with Gasteiger partial charge in [-0.3, -0.25) is 0 Å². The molecule has 3 heterocycles. The number of aryl methyl sites for hydroxylation is 2. The number of alkyl halides is 1. The molecule has 7 heteroatoms. The van der Waals surface area contributed by atoms with Crippen molar-refractivity contribution in [2.75, 3.05) is 11.9 Å².